The van der Waals surface area contributed by atoms with E-state index in [2.05, 4.69) is 10.6 Å². The summed E-state index contributed by atoms with van der Waals surface area (Å²) in [5.41, 5.74) is 0.784. The molecule has 1 heterocycles. The van der Waals surface area contributed by atoms with Crippen LogP contribution in [0.4, 0.5) is 10.5 Å². The Morgan fingerprint density at radius 3 is 2.77 bits per heavy atom. The van der Waals surface area contributed by atoms with E-state index in [1.54, 1.807) is 36.3 Å². The van der Waals surface area contributed by atoms with Crippen molar-refractivity contribution in [3.8, 4) is 0 Å². The van der Waals surface area contributed by atoms with E-state index in [1.165, 1.54) is 0 Å². The van der Waals surface area contributed by atoms with Gasteiger partial charge in [0.1, 0.15) is 0 Å². The molecule has 2 atom stereocenters. The first-order valence-electron chi connectivity index (χ1n) is 7.11. The van der Waals surface area contributed by atoms with E-state index in [1.807, 2.05) is 6.92 Å². The maximum absolute atomic E-state index is 12.1. The predicted molar refractivity (Wildman–Crippen MR) is 85.2 cm³/mol. The number of carbonyl (C=O) groups is 2. The quantitative estimate of drug-likeness (QED) is 0.867. The van der Waals surface area contributed by atoms with E-state index in [-0.39, 0.29) is 30.4 Å². The van der Waals surface area contributed by atoms with Gasteiger partial charge in [-0.25, -0.2) is 4.79 Å². The molecule has 6 nitrogen and oxygen atoms in total. The van der Waals surface area contributed by atoms with Gasteiger partial charge in [-0.05, 0) is 31.2 Å². The largest absolute Gasteiger partial charge is 0.383 e. The van der Waals surface area contributed by atoms with Crippen molar-refractivity contribution in [1.82, 2.24) is 10.6 Å². The van der Waals surface area contributed by atoms with Gasteiger partial charge in [0.15, 0.2) is 0 Å². The average Bonchev–Trinajstić information content (AvgIpc) is 2.80. The molecule has 1 aromatic rings. The highest BCUT2D eigenvalue weighted by atomic mass is 35.5. The number of anilines is 1. The number of amides is 3. The first-order chi connectivity index (χ1) is 10.5. The van der Waals surface area contributed by atoms with Crippen molar-refractivity contribution in [2.75, 3.05) is 25.2 Å². The van der Waals surface area contributed by atoms with Gasteiger partial charge in [0, 0.05) is 30.8 Å². The third-order valence-corrected chi connectivity index (χ3v) is 3.64. The lowest BCUT2D eigenvalue weighted by Gasteiger charge is -2.18. The summed E-state index contributed by atoms with van der Waals surface area (Å²) in [6, 6.07) is 6.48. The molecule has 0 radical (unpaired) electrons. The monoisotopic (exact) mass is 325 g/mol. The van der Waals surface area contributed by atoms with E-state index in [0.717, 1.165) is 5.69 Å². The second kappa shape index (κ2) is 7.47. The van der Waals surface area contributed by atoms with Crippen LogP contribution < -0.4 is 15.5 Å². The molecule has 0 spiro atoms. The molecule has 3 amide bonds. The molecule has 1 aliphatic heterocycles. The van der Waals surface area contributed by atoms with Gasteiger partial charge < -0.3 is 20.3 Å². The van der Waals surface area contributed by atoms with Gasteiger partial charge in [0.05, 0.1) is 18.7 Å². The number of ether oxygens (including phenoxy) is 1. The highest BCUT2D eigenvalue weighted by Gasteiger charge is 2.31. The minimum Gasteiger partial charge on any atom is -0.383 e. The fourth-order valence-electron chi connectivity index (χ4n) is 2.42. The smallest absolute Gasteiger partial charge is 0.315 e. The zero-order valence-electron chi connectivity index (χ0n) is 12.6. The molecule has 22 heavy (non-hydrogen) atoms. The maximum atomic E-state index is 12.1. The topological polar surface area (TPSA) is 70.7 Å². The number of methoxy groups -OCH3 is 1. The number of nitrogens with zero attached hydrogens (tertiary/aromatic N) is 1. The first-order valence-corrected chi connectivity index (χ1v) is 7.49. The van der Waals surface area contributed by atoms with E-state index >= 15 is 0 Å². The zero-order valence-corrected chi connectivity index (χ0v) is 13.4. The molecule has 2 N–H and O–H groups in total. The molecule has 7 heteroatoms. The van der Waals surface area contributed by atoms with Crippen LogP contribution in [0.2, 0.25) is 5.02 Å². The molecule has 1 saturated heterocycles. The van der Waals surface area contributed by atoms with Crippen molar-refractivity contribution in [2.24, 2.45) is 0 Å². The van der Waals surface area contributed by atoms with Gasteiger partial charge >= 0.3 is 6.03 Å². The van der Waals surface area contributed by atoms with Crippen LogP contribution in [-0.2, 0) is 9.53 Å². The molecule has 0 bridgehead atoms. The zero-order chi connectivity index (χ0) is 16.1. The number of benzene rings is 1. The highest BCUT2D eigenvalue weighted by Crippen LogP contribution is 2.23. The minimum atomic E-state index is -0.291. The van der Waals surface area contributed by atoms with Crippen LogP contribution in [-0.4, -0.2) is 44.3 Å². The van der Waals surface area contributed by atoms with Crippen LogP contribution in [0.5, 0.6) is 0 Å². The van der Waals surface area contributed by atoms with Crippen LogP contribution in [0.3, 0.4) is 0 Å². The lowest BCUT2D eigenvalue weighted by Crippen LogP contribution is -2.47. The normalized spacial score (nSPS) is 19.1. The predicted octanol–water partition coefficient (Wildman–Crippen LogP) is 1.78. The molecule has 1 aromatic carbocycles. The second-order valence-corrected chi connectivity index (χ2v) is 5.79. The fourth-order valence-corrected chi connectivity index (χ4v) is 2.54. The van der Waals surface area contributed by atoms with Gasteiger partial charge in [-0.3, -0.25) is 4.79 Å². The lowest BCUT2D eigenvalue weighted by molar-refractivity contribution is -0.117. The van der Waals surface area contributed by atoms with Crippen molar-refractivity contribution in [3.63, 3.8) is 0 Å². The number of hydrogen-bond acceptors (Lipinski definition) is 3. The fraction of sp³-hybridized carbons (Fsp3) is 0.467. The SMILES string of the molecule is COC[C@H](C)NC(=O)N[C@H]1CC(=O)N(c2ccc(Cl)cc2)C1. The van der Waals surface area contributed by atoms with E-state index < -0.39 is 0 Å². The Balaban J connectivity index is 1.89. The summed E-state index contributed by atoms with van der Waals surface area (Å²) in [5, 5.41) is 6.20. The molecular formula is C15H20ClN3O3. The van der Waals surface area contributed by atoms with Crippen LogP contribution >= 0.6 is 11.6 Å². The molecule has 0 aromatic heterocycles. The summed E-state index contributed by atoms with van der Waals surface area (Å²) in [7, 11) is 1.58. The standard InChI is InChI=1S/C15H20ClN3O3/c1-10(9-22-2)17-15(21)18-12-7-14(20)19(8-12)13-5-3-11(16)4-6-13/h3-6,10,12H,7-9H2,1-2H3,(H2,17,18,21)/t10-,12-/m0/s1. The summed E-state index contributed by atoms with van der Waals surface area (Å²) < 4.78 is 4.96. The summed E-state index contributed by atoms with van der Waals surface area (Å²) in [5.74, 6) is -0.0161. The highest BCUT2D eigenvalue weighted by molar-refractivity contribution is 6.30. The van der Waals surface area contributed by atoms with Crippen molar-refractivity contribution in [3.05, 3.63) is 29.3 Å². The van der Waals surface area contributed by atoms with E-state index in [4.69, 9.17) is 16.3 Å². The summed E-state index contributed by atoms with van der Waals surface area (Å²) in [4.78, 5) is 25.6. The van der Waals surface area contributed by atoms with Gasteiger partial charge in [0.2, 0.25) is 5.91 Å². The summed E-state index contributed by atoms with van der Waals surface area (Å²) in [6.07, 6.45) is 0.286. The van der Waals surface area contributed by atoms with Crippen molar-refractivity contribution in [1.29, 1.82) is 0 Å². The molecule has 0 saturated carbocycles. The molecular weight excluding hydrogens is 306 g/mol. The number of halogens is 1. The van der Waals surface area contributed by atoms with Crippen molar-refractivity contribution in [2.45, 2.75) is 25.4 Å². The van der Waals surface area contributed by atoms with Gasteiger partial charge in [0.25, 0.3) is 0 Å². The third kappa shape index (κ3) is 4.35. The molecule has 0 unspecified atom stereocenters. The molecule has 120 valence electrons. The van der Waals surface area contributed by atoms with Crippen LogP contribution in [0.15, 0.2) is 24.3 Å². The van der Waals surface area contributed by atoms with Crippen LogP contribution in [0.1, 0.15) is 13.3 Å². The minimum absolute atomic E-state index is 0.0161. The van der Waals surface area contributed by atoms with Gasteiger partial charge in [-0.15, -0.1) is 0 Å². The number of carbonyl (C=O) groups excluding carboxylic acids is 2. The summed E-state index contributed by atoms with van der Waals surface area (Å²) >= 11 is 5.85. The van der Waals surface area contributed by atoms with Crippen LogP contribution in [0, 0.1) is 0 Å². The van der Waals surface area contributed by atoms with Gasteiger partial charge in [-0.2, -0.15) is 0 Å². The molecule has 1 aliphatic rings. The second-order valence-electron chi connectivity index (χ2n) is 5.36. The van der Waals surface area contributed by atoms with E-state index in [9.17, 15) is 9.59 Å². The molecule has 1 fully saturated rings. The third-order valence-electron chi connectivity index (χ3n) is 3.39. The number of hydrogen-bond donors (Lipinski definition) is 2. The Labute approximate surface area is 134 Å². The van der Waals surface area contributed by atoms with E-state index in [0.29, 0.717) is 18.2 Å². The summed E-state index contributed by atoms with van der Waals surface area (Å²) in [6.45, 7) is 2.74. The number of nitrogens with one attached hydrogen (secondary N) is 2. The van der Waals surface area contributed by atoms with Crippen LogP contribution in [0.25, 0.3) is 0 Å². The average molecular weight is 326 g/mol. The maximum Gasteiger partial charge on any atom is 0.315 e. The first kappa shape index (κ1) is 16.6. The Morgan fingerprint density at radius 2 is 2.14 bits per heavy atom. The Kier molecular flexibility index (Phi) is 5.63. The van der Waals surface area contributed by atoms with Crippen molar-refractivity contribution >= 4 is 29.2 Å². The number of rotatable bonds is 5. The van der Waals surface area contributed by atoms with Gasteiger partial charge in [-0.1, -0.05) is 11.6 Å². The molecule has 2 rings (SSSR count). The Morgan fingerprint density at radius 1 is 1.45 bits per heavy atom. The lowest BCUT2D eigenvalue weighted by atomic mass is 10.2. The number of urea groups is 1. The Hall–Kier alpha value is -1.79. The Bertz CT molecular complexity index is 535. The van der Waals surface area contributed by atoms with Crippen molar-refractivity contribution < 1.29 is 14.3 Å². The molecule has 0 aliphatic carbocycles.